The number of rotatable bonds is 10. The molecule has 3 rings (SSSR count). The average molecular weight is 529 g/mol. The van der Waals surface area contributed by atoms with Crippen molar-refractivity contribution in [3.63, 3.8) is 0 Å². The Morgan fingerprint density at radius 2 is 1.83 bits per heavy atom. The smallest absolute Gasteiger partial charge is 0.194 e. The molecule has 36 heavy (non-hydrogen) atoms. The quantitative estimate of drug-likeness (QED) is 0.213. The summed E-state index contributed by atoms with van der Waals surface area (Å²) < 4.78 is 46.3. The Morgan fingerprint density at radius 3 is 2.44 bits per heavy atom. The second kappa shape index (κ2) is 12.8. The van der Waals surface area contributed by atoms with Crippen LogP contribution in [0.25, 0.3) is 5.70 Å². The third-order valence-corrected chi connectivity index (χ3v) is 6.50. The van der Waals surface area contributed by atoms with Crippen LogP contribution in [0.4, 0.5) is 13.2 Å². The molecule has 11 heteroatoms. The molecule has 0 aliphatic carbocycles. The van der Waals surface area contributed by atoms with Crippen molar-refractivity contribution in [2.75, 3.05) is 20.2 Å². The summed E-state index contributed by atoms with van der Waals surface area (Å²) in [6, 6.07) is 8.50. The fraction of sp³-hybridized carbons (Fsp3) is 0.440. The lowest BCUT2D eigenvalue weighted by Gasteiger charge is -2.42. The summed E-state index contributed by atoms with van der Waals surface area (Å²) in [5.41, 5.74) is 6.86. The first-order valence-electron chi connectivity index (χ1n) is 11.6. The highest BCUT2D eigenvalue weighted by atomic mass is 35.5. The van der Waals surface area contributed by atoms with Gasteiger partial charge < -0.3 is 30.6 Å². The maximum absolute atomic E-state index is 13.6. The maximum atomic E-state index is 13.6. The van der Waals surface area contributed by atoms with Crippen LogP contribution in [0.2, 0.25) is 5.02 Å². The van der Waals surface area contributed by atoms with Gasteiger partial charge in [-0.05, 0) is 62.7 Å². The van der Waals surface area contributed by atoms with Crippen LogP contribution < -0.4 is 11.6 Å². The number of hydrogen-bond donors (Lipinski definition) is 4. The summed E-state index contributed by atoms with van der Waals surface area (Å²) in [7, 11) is 2.01. The molecule has 0 amide bonds. The van der Waals surface area contributed by atoms with Crippen LogP contribution >= 0.6 is 11.6 Å². The number of halogens is 4. The van der Waals surface area contributed by atoms with Gasteiger partial charge in [-0.1, -0.05) is 23.7 Å². The van der Waals surface area contributed by atoms with E-state index in [-0.39, 0.29) is 17.4 Å². The van der Waals surface area contributed by atoms with Crippen molar-refractivity contribution in [3.05, 3.63) is 76.2 Å². The number of benzene rings is 2. The van der Waals surface area contributed by atoms with E-state index >= 15 is 0 Å². The van der Waals surface area contributed by atoms with E-state index in [9.17, 15) is 23.4 Å². The predicted octanol–water partition coefficient (Wildman–Crippen LogP) is 2.98. The molecule has 4 atom stereocenters. The molecular formula is C25H32ClF3N4O3. The van der Waals surface area contributed by atoms with Gasteiger partial charge in [0, 0.05) is 23.3 Å². The van der Waals surface area contributed by atoms with Gasteiger partial charge in [0.2, 0.25) is 0 Å². The third kappa shape index (κ3) is 7.34. The molecule has 1 aliphatic heterocycles. The van der Waals surface area contributed by atoms with Crippen molar-refractivity contribution < 1.29 is 28.1 Å². The molecule has 4 unspecified atom stereocenters. The Hall–Kier alpha value is -2.34. The van der Waals surface area contributed by atoms with Crippen LogP contribution in [0.15, 0.2) is 42.6 Å². The highest BCUT2D eigenvalue weighted by Crippen LogP contribution is 2.27. The first-order valence-corrected chi connectivity index (χ1v) is 12.0. The standard InChI is InChI=1S/C25H32ClF3N4O3/c1-32(12-15-4-6-17(26)7-5-15)8-2-3-18-11-22(25(35)23(14-34)36-18)33(31)13-21(30)16-9-19(27)24(29)20(28)10-16/h4-7,9-10,13,18,22-23,25,34-35H,2-3,8,11-12,14,30-31H2,1H3/b21-13-. The lowest BCUT2D eigenvalue weighted by molar-refractivity contribution is -0.163. The van der Waals surface area contributed by atoms with Crippen molar-refractivity contribution in [2.24, 2.45) is 11.6 Å². The van der Waals surface area contributed by atoms with E-state index in [1.165, 1.54) is 6.20 Å². The normalized spacial score (nSPS) is 22.8. The molecule has 0 spiro atoms. The predicted molar refractivity (Wildman–Crippen MR) is 132 cm³/mol. The second-order valence-corrected chi connectivity index (χ2v) is 9.50. The van der Waals surface area contributed by atoms with E-state index in [0.717, 1.165) is 42.2 Å². The fourth-order valence-corrected chi connectivity index (χ4v) is 4.42. The van der Waals surface area contributed by atoms with E-state index in [1.807, 2.05) is 31.3 Å². The maximum Gasteiger partial charge on any atom is 0.194 e. The minimum Gasteiger partial charge on any atom is -0.397 e. The highest BCUT2D eigenvalue weighted by Gasteiger charge is 2.39. The lowest BCUT2D eigenvalue weighted by Crippen LogP contribution is -2.57. The molecule has 0 radical (unpaired) electrons. The molecule has 0 aromatic heterocycles. The monoisotopic (exact) mass is 528 g/mol. The Morgan fingerprint density at radius 1 is 1.19 bits per heavy atom. The van der Waals surface area contributed by atoms with Crippen LogP contribution in [0.5, 0.6) is 0 Å². The number of hydrazine groups is 1. The fourth-order valence-electron chi connectivity index (χ4n) is 4.30. The van der Waals surface area contributed by atoms with E-state index < -0.39 is 42.3 Å². The molecule has 1 heterocycles. The second-order valence-electron chi connectivity index (χ2n) is 9.06. The SMILES string of the molecule is CN(CCCC1CC(N(N)/C=C(\N)c2cc(F)c(F)c(F)c2)C(O)C(CO)O1)Cc1ccc(Cl)cc1. The molecule has 1 fully saturated rings. The zero-order valence-electron chi connectivity index (χ0n) is 20.0. The first-order chi connectivity index (χ1) is 17.1. The number of aliphatic hydroxyl groups excluding tert-OH is 2. The van der Waals surface area contributed by atoms with Gasteiger partial charge in [0.15, 0.2) is 17.5 Å². The summed E-state index contributed by atoms with van der Waals surface area (Å²) in [6.45, 7) is 1.14. The van der Waals surface area contributed by atoms with E-state index in [2.05, 4.69) is 4.90 Å². The zero-order valence-corrected chi connectivity index (χ0v) is 20.7. The zero-order chi connectivity index (χ0) is 26.4. The molecular weight excluding hydrogens is 497 g/mol. The summed E-state index contributed by atoms with van der Waals surface area (Å²) in [5.74, 6) is 1.79. The molecule has 6 N–H and O–H groups in total. The van der Waals surface area contributed by atoms with E-state index in [4.69, 9.17) is 27.9 Å². The highest BCUT2D eigenvalue weighted by molar-refractivity contribution is 6.30. The molecule has 2 aromatic carbocycles. The number of aliphatic hydroxyl groups is 2. The number of nitrogens with zero attached hydrogens (tertiary/aromatic N) is 2. The van der Waals surface area contributed by atoms with Gasteiger partial charge >= 0.3 is 0 Å². The van der Waals surface area contributed by atoms with E-state index in [0.29, 0.717) is 17.9 Å². The van der Waals surface area contributed by atoms with Gasteiger partial charge in [-0.2, -0.15) is 0 Å². The van der Waals surface area contributed by atoms with Crippen molar-refractivity contribution in [1.82, 2.24) is 9.91 Å². The third-order valence-electron chi connectivity index (χ3n) is 6.25. The Bertz CT molecular complexity index is 1020. The Labute approximate surface area is 213 Å². The summed E-state index contributed by atoms with van der Waals surface area (Å²) in [5, 5.41) is 22.2. The van der Waals surface area contributed by atoms with Crippen LogP contribution in [0.3, 0.4) is 0 Å². The average Bonchev–Trinajstić information content (AvgIpc) is 2.84. The minimum absolute atomic E-state index is 0.0950. The molecule has 0 saturated carbocycles. The molecule has 198 valence electrons. The van der Waals surface area contributed by atoms with Gasteiger partial charge in [-0.25, -0.2) is 19.0 Å². The summed E-state index contributed by atoms with van der Waals surface area (Å²) in [4.78, 5) is 2.17. The molecule has 0 bridgehead atoms. The van der Waals surface area contributed by atoms with Crippen molar-refractivity contribution in [1.29, 1.82) is 0 Å². The number of hydrogen-bond acceptors (Lipinski definition) is 7. The van der Waals surface area contributed by atoms with Gasteiger partial charge in [-0.3, -0.25) is 0 Å². The van der Waals surface area contributed by atoms with Crippen LogP contribution in [-0.2, 0) is 11.3 Å². The van der Waals surface area contributed by atoms with Crippen LogP contribution in [-0.4, -0.2) is 64.7 Å². The van der Waals surface area contributed by atoms with Crippen molar-refractivity contribution in [2.45, 2.75) is 50.2 Å². The van der Waals surface area contributed by atoms with Crippen LogP contribution in [0.1, 0.15) is 30.4 Å². The Kier molecular flexibility index (Phi) is 10.0. The van der Waals surface area contributed by atoms with Gasteiger partial charge in [0.1, 0.15) is 12.2 Å². The molecule has 1 aliphatic rings. The topological polar surface area (TPSA) is 108 Å². The van der Waals surface area contributed by atoms with Crippen molar-refractivity contribution in [3.8, 4) is 0 Å². The largest absolute Gasteiger partial charge is 0.397 e. The minimum atomic E-state index is -1.59. The molecule has 1 saturated heterocycles. The molecule has 7 nitrogen and oxygen atoms in total. The summed E-state index contributed by atoms with van der Waals surface area (Å²) in [6.07, 6.45) is 0.734. The first kappa shape index (κ1) is 28.2. The van der Waals surface area contributed by atoms with Gasteiger partial charge in [-0.15, -0.1) is 0 Å². The summed E-state index contributed by atoms with van der Waals surface area (Å²) >= 11 is 5.93. The van der Waals surface area contributed by atoms with E-state index in [1.54, 1.807) is 0 Å². The number of ether oxygens (including phenoxy) is 1. The van der Waals surface area contributed by atoms with Gasteiger partial charge in [0.05, 0.1) is 24.4 Å². The number of nitrogens with two attached hydrogens (primary N) is 2. The van der Waals surface area contributed by atoms with Crippen molar-refractivity contribution >= 4 is 17.3 Å². The molecule has 2 aromatic rings. The Balaban J connectivity index is 1.60. The lowest BCUT2D eigenvalue weighted by atomic mass is 9.93. The van der Waals surface area contributed by atoms with Gasteiger partial charge in [0.25, 0.3) is 0 Å². The van der Waals surface area contributed by atoms with Crippen LogP contribution in [0, 0.1) is 17.5 Å².